The zero-order valence-electron chi connectivity index (χ0n) is 17.3. The molecule has 0 fully saturated rings. The lowest BCUT2D eigenvalue weighted by atomic mass is 9.94. The van der Waals surface area contributed by atoms with Gasteiger partial charge < -0.3 is 5.11 Å². The smallest absolute Gasteiger partial charge is 0.335 e. The first-order valence-electron chi connectivity index (χ1n) is 10.3. The predicted octanol–water partition coefficient (Wildman–Crippen LogP) is 4.01. The molecule has 2 heterocycles. The van der Waals surface area contributed by atoms with Gasteiger partial charge in [0, 0.05) is 35.2 Å². The molecule has 2 amide bonds. The molecule has 0 radical (unpaired) electrons. The number of carboxylic acid groups (broad SMARTS) is 1. The van der Waals surface area contributed by atoms with Gasteiger partial charge in [-0.05, 0) is 60.4 Å². The monoisotopic (exact) mass is 458 g/mol. The minimum absolute atomic E-state index is 0.174. The molecular weight excluding hydrogens is 440 g/mol. The fourth-order valence-corrected chi connectivity index (χ4v) is 4.45. The zero-order valence-corrected chi connectivity index (χ0v) is 18.1. The molecule has 1 aliphatic rings. The molecular formula is C24H18N4O4S. The van der Waals surface area contributed by atoms with Crippen LogP contribution >= 0.6 is 12.2 Å². The van der Waals surface area contributed by atoms with Gasteiger partial charge in [-0.2, -0.15) is 5.10 Å². The Labute approximate surface area is 193 Å². The Hall–Kier alpha value is -4.11. The first kappa shape index (κ1) is 20.8. The number of carbonyl (C=O) groups is 3. The van der Waals surface area contributed by atoms with Gasteiger partial charge in [0.25, 0.3) is 11.8 Å². The third-order valence-electron chi connectivity index (χ3n) is 5.75. The van der Waals surface area contributed by atoms with Crippen LogP contribution in [0.25, 0.3) is 16.5 Å². The highest BCUT2D eigenvalue weighted by atomic mass is 32.1. The highest BCUT2D eigenvalue weighted by molar-refractivity contribution is 7.71. The average molecular weight is 458 g/mol. The van der Waals surface area contributed by atoms with Gasteiger partial charge in [0.1, 0.15) is 5.82 Å². The van der Waals surface area contributed by atoms with Crippen LogP contribution in [0.2, 0.25) is 0 Å². The molecule has 9 heteroatoms. The van der Waals surface area contributed by atoms with E-state index in [9.17, 15) is 14.4 Å². The number of aryl methyl sites for hydroxylation is 1. The van der Waals surface area contributed by atoms with Crippen LogP contribution < -0.4 is 0 Å². The second-order valence-electron chi connectivity index (χ2n) is 7.71. The molecule has 33 heavy (non-hydrogen) atoms. The van der Waals surface area contributed by atoms with Crippen molar-refractivity contribution in [2.75, 3.05) is 6.54 Å². The van der Waals surface area contributed by atoms with E-state index >= 15 is 0 Å². The van der Waals surface area contributed by atoms with E-state index in [-0.39, 0.29) is 23.9 Å². The summed E-state index contributed by atoms with van der Waals surface area (Å²) >= 11 is 5.34. The van der Waals surface area contributed by atoms with Crippen molar-refractivity contribution in [2.24, 2.45) is 0 Å². The van der Waals surface area contributed by atoms with Gasteiger partial charge in [-0.15, -0.1) is 0 Å². The number of amides is 2. The van der Waals surface area contributed by atoms with Gasteiger partial charge >= 0.3 is 5.97 Å². The minimum atomic E-state index is -1.01. The van der Waals surface area contributed by atoms with Crippen molar-refractivity contribution in [3.8, 4) is 5.69 Å². The number of nitrogens with one attached hydrogen (secondary N) is 1. The van der Waals surface area contributed by atoms with E-state index in [0.717, 1.165) is 5.39 Å². The quantitative estimate of drug-likeness (QED) is 0.334. The largest absolute Gasteiger partial charge is 0.478 e. The van der Waals surface area contributed by atoms with E-state index in [1.165, 1.54) is 17.0 Å². The second-order valence-corrected chi connectivity index (χ2v) is 8.09. The molecule has 1 aromatic heterocycles. The number of aromatic amines is 1. The lowest BCUT2D eigenvalue weighted by Crippen LogP contribution is -2.41. The highest BCUT2D eigenvalue weighted by Gasteiger charge is 2.32. The third-order valence-corrected chi connectivity index (χ3v) is 6.03. The first-order chi connectivity index (χ1) is 16.0. The van der Waals surface area contributed by atoms with Gasteiger partial charge in [0.15, 0.2) is 4.77 Å². The van der Waals surface area contributed by atoms with Gasteiger partial charge in [0.05, 0.1) is 5.56 Å². The molecule has 0 atom stereocenters. The third kappa shape index (κ3) is 3.52. The highest BCUT2D eigenvalue weighted by Crippen LogP contribution is 2.30. The molecule has 4 aromatic rings. The summed E-state index contributed by atoms with van der Waals surface area (Å²) in [5, 5.41) is 17.7. The zero-order chi connectivity index (χ0) is 23.1. The summed E-state index contributed by atoms with van der Waals surface area (Å²) in [6.45, 7) is 0.236. The summed E-state index contributed by atoms with van der Waals surface area (Å²) in [6, 6.07) is 17.2. The topological polar surface area (TPSA) is 108 Å². The van der Waals surface area contributed by atoms with Gasteiger partial charge in [0.2, 0.25) is 0 Å². The van der Waals surface area contributed by atoms with Gasteiger partial charge in [-0.25, -0.2) is 4.79 Å². The van der Waals surface area contributed by atoms with E-state index in [0.29, 0.717) is 45.6 Å². The van der Waals surface area contributed by atoms with Crippen LogP contribution in [-0.4, -0.2) is 49.1 Å². The summed E-state index contributed by atoms with van der Waals surface area (Å²) in [5.74, 6) is -0.979. The number of aromatic carboxylic acids is 1. The number of imide groups is 1. The van der Waals surface area contributed by atoms with Crippen LogP contribution in [0.15, 0.2) is 60.7 Å². The number of nitrogens with zero attached hydrogens (tertiary/aromatic N) is 3. The fraction of sp³-hybridized carbons (Fsp3) is 0.125. The molecule has 0 unspecified atom stereocenters. The molecule has 164 valence electrons. The molecule has 0 spiro atoms. The molecule has 0 saturated heterocycles. The van der Waals surface area contributed by atoms with E-state index in [1.54, 1.807) is 28.8 Å². The van der Waals surface area contributed by atoms with Crippen molar-refractivity contribution < 1.29 is 19.5 Å². The summed E-state index contributed by atoms with van der Waals surface area (Å²) in [5.41, 5.74) is 1.92. The number of carboxylic acids is 1. The molecule has 3 aromatic carbocycles. The van der Waals surface area contributed by atoms with Crippen molar-refractivity contribution in [3.63, 3.8) is 0 Å². The van der Waals surface area contributed by atoms with E-state index in [4.69, 9.17) is 17.3 Å². The fourth-order valence-electron chi connectivity index (χ4n) is 4.20. The number of carbonyl (C=O) groups excluding carboxylic acids is 2. The predicted molar refractivity (Wildman–Crippen MR) is 123 cm³/mol. The van der Waals surface area contributed by atoms with Crippen LogP contribution in [0.4, 0.5) is 0 Å². The summed E-state index contributed by atoms with van der Waals surface area (Å²) in [7, 11) is 0. The maximum absolute atomic E-state index is 13.0. The van der Waals surface area contributed by atoms with Gasteiger partial charge in [-0.1, -0.05) is 24.3 Å². The summed E-state index contributed by atoms with van der Waals surface area (Å²) < 4.78 is 2.09. The summed E-state index contributed by atoms with van der Waals surface area (Å²) in [6.07, 6.45) is 0.944. The number of aromatic nitrogens is 3. The molecule has 8 nitrogen and oxygen atoms in total. The Morgan fingerprint density at radius 3 is 2.21 bits per heavy atom. The van der Waals surface area contributed by atoms with Crippen molar-refractivity contribution in [3.05, 3.63) is 87.9 Å². The SMILES string of the molecule is O=C(O)c1ccc(-n2c(CCCN3C(=O)c4cccc5cccc(c45)C3=O)n[nH]c2=S)cc1. The van der Waals surface area contributed by atoms with Gasteiger partial charge in [-0.3, -0.25) is 24.2 Å². The lowest BCUT2D eigenvalue weighted by molar-refractivity contribution is 0.0606. The van der Waals surface area contributed by atoms with Crippen molar-refractivity contribution in [2.45, 2.75) is 12.8 Å². The van der Waals surface area contributed by atoms with Crippen LogP contribution in [0.1, 0.15) is 43.3 Å². The number of rotatable bonds is 6. The maximum Gasteiger partial charge on any atom is 0.335 e. The van der Waals surface area contributed by atoms with E-state index in [2.05, 4.69) is 10.2 Å². The second kappa shape index (κ2) is 8.10. The molecule has 2 N–H and O–H groups in total. The first-order valence-corrected chi connectivity index (χ1v) is 10.7. The molecule has 0 saturated carbocycles. The van der Waals surface area contributed by atoms with E-state index < -0.39 is 5.97 Å². The Morgan fingerprint density at radius 1 is 0.970 bits per heavy atom. The number of hydrogen-bond donors (Lipinski definition) is 2. The van der Waals surface area contributed by atoms with Crippen LogP contribution in [0.5, 0.6) is 0 Å². The van der Waals surface area contributed by atoms with Crippen LogP contribution in [0.3, 0.4) is 0 Å². The Morgan fingerprint density at radius 2 is 1.61 bits per heavy atom. The molecule has 0 bridgehead atoms. The number of hydrogen-bond acceptors (Lipinski definition) is 5. The minimum Gasteiger partial charge on any atom is -0.478 e. The molecule has 1 aliphatic heterocycles. The number of benzene rings is 3. The molecule has 0 aliphatic carbocycles. The standard InChI is InChI=1S/C24H18N4O4S/c29-21-17-6-1-4-14-5-2-7-18(20(14)17)22(30)27(21)13-3-8-19-25-26-24(33)28(19)16-11-9-15(10-12-16)23(31)32/h1-2,4-7,9-12H,3,8,13H2,(H,26,33)(H,31,32). The normalized spacial score (nSPS) is 13.0. The van der Waals surface area contributed by atoms with Crippen LogP contribution in [0, 0.1) is 4.77 Å². The number of H-pyrrole nitrogens is 1. The average Bonchev–Trinajstić information content (AvgIpc) is 3.19. The van der Waals surface area contributed by atoms with Crippen molar-refractivity contribution in [1.29, 1.82) is 0 Å². The maximum atomic E-state index is 13.0. The van der Waals surface area contributed by atoms with Crippen molar-refractivity contribution in [1.82, 2.24) is 19.7 Å². The Balaban J connectivity index is 1.36. The summed E-state index contributed by atoms with van der Waals surface area (Å²) in [4.78, 5) is 38.5. The Bertz CT molecular complexity index is 1440. The van der Waals surface area contributed by atoms with E-state index in [1.807, 2.05) is 24.3 Å². The molecule has 5 rings (SSSR count). The Kier molecular flexibility index (Phi) is 5.10. The lowest BCUT2D eigenvalue weighted by Gasteiger charge is -2.27. The van der Waals surface area contributed by atoms with Crippen molar-refractivity contribution >= 4 is 40.8 Å². The van der Waals surface area contributed by atoms with Crippen LogP contribution in [-0.2, 0) is 6.42 Å².